The lowest BCUT2D eigenvalue weighted by atomic mass is 9.95. The van der Waals surface area contributed by atoms with E-state index in [1.54, 1.807) is 0 Å². The quantitative estimate of drug-likeness (QED) is 0.719. The highest BCUT2D eigenvalue weighted by molar-refractivity contribution is 5.87. The smallest absolute Gasteiger partial charge is 0.0428 e. The first-order valence-corrected chi connectivity index (χ1v) is 7.84. The van der Waals surface area contributed by atoms with Crippen molar-refractivity contribution in [1.82, 2.24) is 0 Å². The van der Waals surface area contributed by atoms with Crippen LogP contribution in [0, 0.1) is 16.7 Å². The molecular weight excluding hydrogens is 258 g/mol. The number of hydrogen-bond donors (Lipinski definition) is 2. The Kier molecular flexibility index (Phi) is 6.25. The van der Waals surface area contributed by atoms with Gasteiger partial charge in [0.2, 0.25) is 0 Å². The molecule has 0 aliphatic carbocycles. The van der Waals surface area contributed by atoms with E-state index in [0.29, 0.717) is 5.92 Å². The Morgan fingerprint density at radius 2 is 1.95 bits per heavy atom. The van der Waals surface area contributed by atoms with Crippen molar-refractivity contribution in [3.63, 3.8) is 0 Å². The number of hydrogen-bond acceptors (Lipinski definition) is 3. The van der Waals surface area contributed by atoms with Crippen molar-refractivity contribution < 1.29 is 0 Å². The fraction of sp³-hybridized carbons (Fsp3) is 0.611. The average molecular weight is 289 g/mol. The van der Waals surface area contributed by atoms with Crippen LogP contribution in [0.2, 0.25) is 0 Å². The lowest BCUT2D eigenvalue weighted by Crippen LogP contribution is -2.34. The molecular formula is C18H31N3. The molecule has 0 aliphatic heterocycles. The average Bonchev–Trinajstić information content (AvgIpc) is 2.41. The van der Waals surface area contributed by atoms with E-state index in [4.69, 9.17) is 5.41 Å². The summed E-state index contributed by atoms with van der Waals surface area (Å²) in [6.45, 7) is 13.4. The lowest BCUT2D eigenvalue weighted by molar-refractivity contribution is 0.403. The van der Waals surface area contributed by atoms with Crippen LogP contribution in [0.15, 0.2) is 18.2 Å². The fourth-order valence-corrected chi connectivity index (χ4v) is 2.38. The predicted molar refractivity (Wildman–Crippen MR) is 95.0 cm³/mol. The predicted octanol–water partition coefficient (Wildman–Crippen LogP) is 4.62. The van der Waals surface area contributed by atoms with Gasteiger partial charge in [0.1, 0.15) is 0 Å². The molecule has 0 spiro atoms. The van der Waals surface area contributed by atoms with Crippen LogP contribution in [-0.2, 0) is 0 Å². The van der Waals surface area contributed by atoms with Crippen molar-refractivity contribution in [3.8, 4) is 0 Å². The molecule has 1 rings (SSSR count). The van der Waals surface area contributed by atoms with Gasteiger partial charge in [-0.2, -0.15) is 0 Å². The van der Waals surface area contributed by atoms with E-state index in [-0.39, 0.29) is 5.41 Å². The van der Waals surface area contributed by atoms with Gasteiger partial charge in [0.05, 0.1) is 0 Å². The Balaban J connectivity index is 3.03. The topological polar surface area (TPSA) is 39.1 Å². The van der Waals surface area contributed by atoms with E-state index in [1.165, 1.54) is 18.3 Å². The highest BCUT2D eigenvalue weighted by Gasteiger charge is 2.18. The second kappa shape index (κ2) is 7.48. The van der Waals surface area contributed by atoms with Crippen molar-refractivity contribution in [2.24, 2.45) is 11.3 Å². The van der Waals surface area contributed by atoms with Gasteiger partial charge in [-0.25, -0.2) is 0 Å². The third-order valence-electron chi connectivity index (χ3n) is 3.47. The molecule has 0 aliphatic rings. The van der Waals surface area contributed by atoms with E-state index in [9.17, 15) is 0 Å². The molecule has 1 aromatic rings. The summed E-state index contributed by atoms with van der Waals surface area (Å²) >= 11 is 0. The highest BCUT2D eigenvalue weighted by Crippen LogP contribution is 2.26. The molecule has 0 aromatic heterocycles. The molecule has 2 N–H and O–H groups in total. The summed E-state index contributed by atoms with van der Waals surface area (Å²) in [4.78, 5) is 2.45. The molecule has 118 valence electrons. The summed E-state index contributed by atoms with van der Waals surface area (Å²) in [5.74, 6) is 0.700. The van der Waals surface area contributed by atoms with Gasteiger partial charge in [-0.15, -0.1) is 0 Å². The Morgan fingerprint density at radius 1 is 1.29 bits per heavy atom. The first-order valence-electron chi connectivity index (χ1n) is 7.84. The van der Waals surface area contributed by atoms with Gasteiger partial charge >= 0.3 is 0 Å². The maximum absolute atomic E-state index is 7.59. The summed E-state index contributed by atoms with van der Waals surface area (Å²) < 4.78 is 0. The monoisotopic (exact) mass is 289 g/mol. The molecule has 0 saturated carbocycles. The molecule has 1 aromatic carbocycles. The third-order valence-corrected chi connectivity index (χ3v) is 3.47. The number of rotatable bonds is 7. The second-order valence-corrected chi connectivity index (χ2v) is 7.33. The van der Waals surface area contributed by atoms with Gasteiger partial charge in [0, 0.05) is 43.3 Å². The first kappa shape index (κ1) is 17.5. The van der Waals surface area contributed by atoms with Gasteiger partial charge in [0.25, 0.3) is 0 Å². The van der Waals surface area contributed by atoms with Gasteiger partial charge in [-0.3, -0.25) is 0 Å². The lowest BCUT2D eigenvalue weighted by Gasteiger charge is -2.33. The molecule has 0 atom stereocenters. The van der Waals surface area contributed by atoms with Crippen LogP contribution in [0.4, 0.5) is 11.4 Å². The molecule has 3 nitrogen and oxygen atoms in total. The van der Waals surface area contributed by atoms with Gasteiger partial charge in [0.15, 0.2) is 0 Å². The molecule has 3 heteroatoms. The zero-order valence-corrected chi connectivity index (χ0v) is 14.5. The number of benzene rings is 1. The summed E-state index contributed by atoms with van der Waals surface area (Å²) in [6.07, 6.45) is 2.61. The highest BCUT2D eigenvalue weighted by atomic mass is 15.1. The molecule has 0 amide bonds. The zero-order chi connectivity index (χ0) is 16.0. The van der Waals surface area contributed by atoms with Gasteiger partial charge in [-0.05, 0) is 36.0 Å². The minimum Gasteiger partial charge on any atom is -0.388 e. The Bertz CT molecular complexity index is 458. The molecule has 0 radical (unpaired) electrons. The van der Waals surface area contributed by atoms with Crippen LogP contribution in [0.3, 0.4) is 0 Å². The number of anilines is 2. The molecule has 0 bridgehead atoms. The summed E-state index contributed by atoms with van der Waals surface area (Å²) in [5.41, 5.74) is 3.42. The molecule has 0 heterocycles. The van der Waals surface area contributed by atoms with E-state index >= 15 is 0 Å². The van der Waals surface area contributed by atoms with Crippen LogP contribution in [-0.4, -0.2) is 26.4 Å². The summed E-state index contributed by atoms with van der Waals surface area (Å²) in [7, 11) is 1.90. The van der Waals surface area contributed by atoms with E-state index < -0.39 is 0 Å². The van der Waals surface area contributed by atoms with Crippen molar-refractivity contribution in [1.29, 1.82) is 5.41 Å². The number of nitrogens with one attached hydrogen (secondary N) is 2. The largest absolute Gasteiger partial charge is 0.388 e. The van der Waals surface area contributed by atoms with Crippen LogP contribution < -0.4 is 10.2 Å². The van der Waals surface area contributed by atoms with Crippen LogP contribution >= 0.6 is 0 Å². The third kappa shape index (κ3) is 5.78. The summed E-state index contributed by atoms with van der Waals surface area (Å²) in [5, 5.41) is 10.7. The molecule has 0 unspecified atom stereocenters. The van der Waals surface area contributed by atoms with E-state index in [2.05, 4.69) is 63.0 Å². The first-order chi connectivity index (χ1) is 9.76. The van der Waals surface area contributed by atoms with Crippen LogP contribution in [0.5, 0.6) is 0 Å². The maximum atomic E-state index is 7.59. The molecule has 21 heavy (non-hydrogen) atoms. The molecule has 0 fully saturated rings. The van der Waals surface area contributed by atoms with Gasteiger partial charge < -0.3 is 15.6 Å². The molecule has 0 saturated heterocycles. The fourth-order valence-electron chi connectivity index (χ4n) is 2.38. The van der Waals surface area contributed by atoms with Crippen LogP contribution in [0.1, 0.15) is 46.6 Å². The van der Waals surface area contributed by atoms with Crippen molar-refractivity contribution in [3.05, 3.63) is 23.8 Å². The summed E-state index contributed by atoms with van der Waals surface area (Å²) in [6, 6.07) is 6.34. The normalized spacial score (nSPS) is 11.6. The zero-order valence-electron chi connectivity index (χ0n) is 14.5. The standard InChI is InChI=1S/C18H31N3/c1-14(2)9-10-21(13-18(3,4)5)16-7-8-17(20-6)15(11-16)12-19/h7-8,11-12,14,19-20H,9-10,13H2,1-6H3. The van der Waals surface area contributed by atoms with E-state index in [1.807, 2.05) is 7.05 Å². The Labute approximate surface area is 130 Å². The second-order valence-electron chi connectivity index (χ2n) is 7.33. The Morgan fingerprint density at radius 3 is 2.43 bits per heavy atom. The number of nitrogens with zero attached hydrogens (tertiary/aromatic N) is 1. The maximum Gasteiger partial charge on any atom is 0.0428 e. The minimum atomic E-state index is 0.253. The van der Waals surface area contributed by atoms with Crippen molar-refractivity contribution in [2.75, 3.05) is 30.4 Å². The van der Waals surface area contributed by atoms with Crippen molar-refractivity contribution in [2.45, 2.75) is 41.0 Å². The van der Waals surface area contributed by atoms with Crippen LogP contribution in [0.25, 0.3) is 0 Å². The Hall–Kier alpha value is -1.51. The SMILES string of the molecule is CNc1ccc(N(CCC(C)C)CC(C)(C)C)cc1C=N. The van der Waals surface area contributed by atoms with E-state index in [0.717, 1.165) is 24.3 Å². The van der Waals surface area contributed by atoms with Gasteiger partial charge in [-0.1, -0.05) is 34.6 Å². The minimum absolute atomic E-state index is 0.253. The van der Waals surface area contributed by atoms with Crippen molar-refractivity contribution >= 4 is 17.6 Å².